The first-order valence-electron chi connectivity index (χ1n) is 5.63. The summed E-state index contributed by atoms with van der Waals surface area (Å²) in [5.41, 5.74) is 4.95. The highest BCUT2D eigenvalue weighted by atomic mass is 19.1. The quantitative estimate of drug-likeness (QED) is 0.844. The van der Waals surface area contributed by atoms with Gasteiger partial charge in [-0.3, -0.25) is 9.59 Å². The van der Waals surface area contributed by atoms with Gasteiger partial charge >= 0.3 is 0 Å². The van der Waals surface area contributed by atoms with Crippen molar-refractivity contribution in [2.24, 2.45) is 5.73 Å². The van der Waals surface area contributed by atoms with Gasteiger partial charge < -0.3 is 15.5 Å². The molecule has 0 saturated heterocycles. The molecule has 0 saturated carbocycles. The monoisotopic (exact) mass is 278 g/mol. The molecular formula is C12H11FN4O3. The number of halogens is 1. The van der Waals surface area contributed by atoms with Crippen molar-refractivity contribution in [2.75, 3.05) is 0 Å². The Balaban J connectivity index is 2.23. The van der Waals surface area contributed by atoms with Crippen molar-refractivity contribution in [3.8, 4) is 0 Å². The zero-order valence-corrected chi connectivity index (χ0v) is 10.5. The minimum atomic E-state index is -1.32. The third-order valence-corrected chi connectivity index (χ3v) is 2.47. The standard InChI is InChI=1S/C12H11FN4O3/c1-6-16-17-12(20-6)9(10(14)18)15-11(19)7-4-2-3-5-8(7)13/h2-5,9H,1H3,(H2,14,18)(H,15,19)/t9-/m1/s1. The first kappa shape index (κ1) is 13.7. The molecule has 0 aliphatic heterocycles. The van der Waals surface area contributed by atoms with E-state index in [4.69, 9.17) is 10.2 Å². The summed E-state index contributed by atoms with van der Waals surface area (Å²) in [6.45, 7) is 1.52. The van der Waals surface area contributed by atoms with Crippen LogP contribution in [0.25, 0.3) is 0 Å². The van der Waals surface area contributed by atoms with Gasteiger partial charge in [0.1, 0.15) is 5.82 Å². The van der Waals surface area contributed by atoms with Crippen LogP contribution in [0, 0.1) is 12.7 Å². The second-order valence-corrected chi connectivity index (χ2v) is 3.95. The molecule has 0 spiro atoms. The Bertz CT molecular complexity index is 656. The van der Waals surface area contributed by atoms with E-state index in [1.165, 1.54) is 25.1 Å². The topological polar surface area (TPSA) is 111 Å². The zero-order chi connectivity index (χ0) is 14.7. The number of primary amides is 1. The molecule has 7 nitrogen and oxygen atoms in total. The fourth-order valence-corrected chi connectivity index (χ4v) is 1.54. The van der Waals surface area contributed by atoms with Gasteiger partial charge in [0.15, 0.2) is 6.04 Å². The number of amides is 2. The zero-order valence-electron chi connectivity index (χ0n) is 10.5. The van der Waals surface area contributed by atoms with E-state index in [0.29, 0.717) is 0 Å². The Morgan fingerprint density at radius 1 is 1.35 bits per heavy atom. The van der Waals surface area contributed by atoms with E-state index in [2.05, 4.69) is 15.5 Å². The van der Waals surface area contributed by atoms with Crippen molar-refractivity contribution in [3.63, 3.8) is 0 Å². The second kappa shape index (κ2) is 5.47. The summed E-state index contributed by atoms with van der Waals surface area (Å²) < 4.78 is 18.5. The predicted octanol–water partition coefficient (Wildman–Crippen LogP) is 0.474. The number of nitrogens with zero attached hydrogens (tertiary/aromatic N) is 2. The van der Waals surface area contributed by atoms with Gasteiger partial charge in [-0.05, 0) is 12.1 Å². The lowest BCUT2D eigenvalue weighted by atomic mass is 10.1. The molecule has 2 aromatic rings. The lowest BCUT2D eigenvalue weighted by Crippen LogP contribution is -2.38. The Morgan fingerprint density at radius 2 is 2.05 bits per heavy atom. The lowest BCUT2D eigenvalue weighted by molar-refractivity contribution is -0.120. The third-order valence-electron chi connectivity index (χ3n) is 2.47. The van der Waals surface area contributed by atoms with E-state index in [0.717, 1.165) is 6.07 Å². The molecule has 0 radical (unpaired) electrons. The number of hydrogen-bond donors (Lipinski definition) is 2. The first-order valence-corrected chi connectivity index (χ1v) is 5.63. The van der Waals surface area contributed by atoms with Crippen LogP contribution in [-0.4, -0.2) is 22.0 Å². The molecule has 2 amide bonds. The van der Waals surface area contributed by atoms with Gasteiger partial charge in [-0.2, -0.15) is 0 Å². The number of benzene rings is 1. The molecule has 1 atom stereocenters. The number of carbonyl (C=O) groups excluding carboxylic acids is 2. The molecule has 1 aromatic heterocycles. The minimum Gasteiger partial charge on any atom is -0.423 e. The van der Waals surface area contributed by atoms with Gasteiger partial charge in [-0.1, -0.05) is 12.1 Å². The van der Waals surface area contributed by atoms with Crippen LogP contribution in [0.5, 0.6) is 0 Å². The van der Waals surface area contributed by atoms with Crippen LogP contribution in [-0.2, 0) is 4.79 Å². The number of nitrogens with two attached hydrogens (primary N) is 1. The molecular weight excluding hydrogens is 267 g/mol. The number of nitrogens with one attached hydrogen (secondary N) is 1. The highest BCUT2D eigenvalue weighted by Crippen LogP contribution is 2.13. The van der Waals surface area contributed by atoms with Gasteiger partial charge in [-0.15, -0.1) is 10.2 Å². The molecule has 2 rings (SSSR count). The number of aromatic nitrogens is 2. The van der Waals surface area contributed by atoms with Crippen LogP contribution in [0.2, 0.25) is 0 Å². The molecule has 0 aliphatic carbocycles. The summed E-state index contributed by atoms with van der Waals surface area (Å²) in [6.07, 6.45) is 0. The average molecular weight is 278 g/mol. The van der Waals surface area contributed by atoms with E-state index in [1.54, 1.807) is 0 Å². The van der Waals surface area contributed by atoms with E-state index in [-0.39, 0.29) is 17.3 Å². The number of carbonyl (C=O) groups is 2. The molecule has 104 valence electrons. The van der Waals surface area contributed by atoms with E-state index >= 15 is 0 Å². The van der Waals surface area contributed by atoms with Crippen molar-refractivity contribution in [3.05, 3.63) is 47.4 Å². The van der Waals surface area contributed by atoms with Crippen molar-refractivity contribution in [1.29, 1.82) is 0 Å². The van der Waals surface area contributed by atoms with Gasteiger partial charge in [0, 0.05) is 6.92 Å². The van der Waals surface area contributed by atoms with Crippen molar-refractivity contribution < 1.29 is 18.4 Å². The Hall–Kier alpha value is -2.77. The smallest absolute Gasteiger partial charge is 0.255 e. The van der Waals surface area contributed by atoms with E-state index < -0.39 is 23.7 Å². The number of aryl methyl sites for hydroxylation is 1. The Morgan fingerprint density at radius 3 is 2.60 bits per heavy atom. The van der Waals surface area contributed by atoms with Crippen LogP contribution in [0.1, 0.15) is 28.2 Å². The van der Waals surface area contributed by atoms with Crippen LogP contribution in [0.15, 0.2) is 28.7 Å². The summed E-state index contributed by atoms with van der Waals surface area (Å²) in [6, 6.07) is 4.03. The summed E-state index contributed by atoms with van der Waals surface area (Å²) >= 11 is 0. The Labute approximate surface area is 113 Å². The lowest BCUT2D eigenvalue weighted by Gasteiger charge is -2.11. The maximum absolute atomic E-state index is 13.5. The highest BCUT2D eigenvalue weighted by molar-refractivity contribution is 5.97. The molecule has 0 aliphatic rings. The first-order chi connectivity index (χ1) is 9.49. The minimum absolute atomic E-state index is 0.153. The van der Waals surface area contributed by atoms with Crippen LogP contribution >= 0.6 is 0 Å². The van der Waals surface area contributed by atoms with Crippen molar-refractivity contribution in [2.45, 2.75) is 13.0 Å². The largest absolute Gasteiger partial charge is 0.423 e. The highest BCUT2D eigenvalue weighted by Gasteiger charge is 2.27. The van der Waals surface area contributed by atoms with Gasteiger partial charge in [0.25, 0.3) is 5.91 Å². The summed E-state index contributed by atoms with van der Waals surface area (Å²) in [7, 11) is 0. The predicted molar refractivity (Wildman–Crippen MR) is 64.8 cm³/mol. The van der Waals surface area contributed by atoms with E-state index in [1.807, 2.05) is 0 Å². The summed E-state index contributed by atoms with van der Waals surface area (Å²) in [5, 5.41) is 9.40. The fraction of sp³-hybridized carbons (Fsp3) is 0.167. The molecule has 0 bridgehead atoms. The average Bonchev–Trinajstić information content (AvgIpc) is 2.82. The maximum atomic E-state index is 13.5. The van der Waals surface area contributed by atoms with Crippen molar-refractivity contribution >= 4 is 11.8 Å². The molecule has 0 unspecified atom stereocenters. The van der Waals surface area contributed by atoms with Crippen LogP contribution in [0.4, 0.5) is 4.39 Å². The molecule has 1 aromatic carbocycles. The molecule has 20 heavy (non-hydrogen) atoms. The number of rotatable bonds is 4. The molecule has 1 heterocycles. The molecule has 0 fully saturated rings. The SMILES string of the molecule is Cc1nnc([C@H](NC(=O)c2ccccc2F)C(N)=O)o1. The fourth-order valence-electron chi connectivity index (χ4n) is 1.54. The second-order valence-electron chi connectivity index (χ2n) is 3.95. The summed E-state index contributed by atoms with van der Waals surface area (Å²) in [4.78, 5) is 23.3. The molecule has 3 N–H and O–H groups in total. The van der Waals surface area contributed by atoms with Crippen LogP contribution < -0.4 is 11.1 Å². The Kier molecular flexibility index (Phi) is 3.74. The third kappa shape index (κ3) is 2.79. The summed E-state index contributed by atoms with van der Waals surface area (Å²) in [5.74, 6) is -2.35. The normalized spacial score (nSPS) is 11.9. The maximum Gasteiger partial charge on any atom is 0.255 e. The van der Waals surface area contributed by atoms with E-state index in [9.17, 15) is 14.0 Å². The van der Waals surface area contributed by atoms with Gasteiger partial charge in [0.05, 0.1) is 5.56 Å². The van der Waals surface area contributed by atoms with Gasteiger partial charge in [-0.25, -0.2) is 4.39 Å². The van der Waals surface area contributed by atoms with Gasteiger partial charge in [0.2, 0.25) is 17.7 Å². The van der Waals surface area contributed by atoms with Crippen molar-refractivity contribution in [1.82, 2.24) is 15.5 Å². The number of hydrogen-bond acceptors (Lipinski definition) is 5. The molecule has 8 heteroatoms. The van der Waals surface area contributed by atoms with Crippen LogP contribution in [0.3, 0.4) is 0 Å².